The summed E-state index contributed by atoms with van der Waals surface area (Å²) in [5.74, 6) is -1.32. The van der Waals surface area contributed by atoms with Gasteiger partial charge >= 0.3 is 6.09 Å². The third kappa shape index (κ3) is 4.35. The first-order valence-corrected chi connectivity index (χ1v) is 8.34. The van der Waals surface area contributed by atoms with Crippen LogP contribution >= 0.6 is 0 Å². The average Bonchev–Trinajstić information content (AvgIpc) is 2.64. The molecule has 1 aliphatic carbocycles. The highest BCUT2D eigenvalue weighted by molar-refractivity contribution is 5.68. The molecule has 134 valence electrons. The van der Waals surface area contributed by atoms with Gasteiger partial charge in [-0.15, -0.1) is 0 Å². The smallest absolute Gasteiger partial charge is 0.410 e. The van der Waals surface area contributed by atoms with E-state index in [0.717, 1.165) is 6.42 Å². The molecule has 3 unspecified atom stereocenters. The van der Waals surface area contributed by atoms with E-state index >= 15 is 0 Å². The molecule has 3 atom stereocenters. The van der Waals surface area contributed by atoms with E-state index in [-0.39, 0.29) is 6.09 Å². The first-order chi connectivity index (χ1) is 10.7. The number of nitrogens with zero attached hydrogens (tertiary/aromatic N) is 2. The van der Waals surface area contributed by atoms with Crippen molar-refractivity contribution in [3.8, 4) is 0 Å². The Labute approximate surface area is 138 Å². The minimum atomic E-state index is -1.32. The van der Waals surface area contributed by atoms with E-state index < -0.39 is 23.5 Å². The molecule has 2 N–H and O–H groups in total. The van der Waals surface area contributed by atoms with Gasteiger partial charge in [-0.3, -0.25) is 4.90 Å². The lowest BCUT2D eigenvalue weighted by Crippen LogP contribution is -2.55. The Kier molecular flexibility index (Phi) is 5.56. The highest BCUT2D eigenvalue weighted by atomic mass is 16.6. The molecule has 7 heteroatoms. The summed E-state index contributed by atoms with van der Waals surface area (Å²) in [5.41, 5.74) is -0.513. The summed E-state index contributed by atoms with van der Waals surface area (Å²) in [6.07, 6.45) is 0.770. The van der Waals surface area contributed by atoms with Crippen LogP contribution in [0, 0.1) is 0 Å². The van der Waals surface area contributed by atoms with Gasteiger partial charge in [-0.2, -0.15) is 0 Å². The summed E-state index contributed by atoms with van der Waals surface area (Å²) in [4.78, 5) is 15.9. The van der Waals surface area contributed by atoms with Crippen LogP contribution in [-0.4, -0.2) is 82.9 Å². The van der Waals surface area contributed by atoms with Crippen molar-refractivity contribution < 1.29 is 24.5 Å². The van der Waals surface area contributed by atoms with Gasteiger partial charge < -0.3 is 24.6 Å². The van der Waals surface area contributed by atoms with Crippen molar-refractivity contribution in [2.45, 2.75) is 63.6 Å². The second kappa shape index (κ2) is 6.93. The van der Waals surface area contributed by atoms with Crippen molar-refractivity contribution in [1.82, 2.24) is 9.80 Å². The Morgan fingerprint density at radius 2 is 1.91 bits per heavy atom. The van der Waals surface area contributed by atoms with Crippen molar-refractivity contribution in [3.05, 3.63) is 0 Å². The number of methoxy groups -OCH3 is 1. The molecule has 7 nitrogen and oxygen atoms in total. The Morgan fingerprint density at radius 3 is 2.52 bits per heavy atom. The zero-order chi connectivity index (χ0) is 17.3. The quantitative estimate of drug-likeness (QED) is 0.729. The molecular weight excluding hydrogens is 300 g/mol. The molecule has 0 bridgehead atoms. The third-order valence-electron chi connectivity index (χ3n) is 4.55. The summed E-state index contributed by atoms with van der Waals surface area (Å²) in [6.45, 7) is 7.95. The number of carbonyl (C=O) groups is 1. The first kappa shape index (κ1) is 18.4. The molecule has 0 radical (unpaired) electrons. The molecule has 1 heterocycles. The number of rotatable bonds is 2. The zero-order valence-corrected chi connectivity index (χ0v) is 14.6. The monoisotopic (exact) mass is 330 g/mol. The van der Waals surface area contributed by atoms with Gasteiger partial charge in [-0.05, 0) is 33.6 Å². The van der Waals surface area contributed by atoms with Gasteiger partial charge in [0.2, 0.25) is 0 Å². The van der Waals surface area contributed by atoms with E-state index in [0.29, 0.717) is 39.0 Å². The standard InChI is InChI=1S/C16H30N2O5/c1-15(2,3)23-14(20)18-9-5-8-17(10-11-18)13-12(19)6-7-16(13,21)22-4/h12-13,19,21H,5-11H2,1-4H3. The van der Waals surface area contributed by atoms with Crippen LogP contribution in [0.5, 0.6) is 0 Å². The lowest BCUT2D eigenvalue weighted by atomic mass is 10.1. The van der Waals surface area contributed by atoms with Gasteiger partial charge in [0.1, 0.15) is 5.60 Å². The van der Waals surface area contributed by atoms with Crippen LogP contribution in [0.15, 0.2) is 0 Å². The molecule has 23 heavy (non-hydrogen) atoms. The lowest BCUT2D eigenvalue weighted by Gasteiger charge is -2.38. The summed E-state index contributed by atoms with van der Waals surface area (Å²) < 4.78 is 10.7. The van der Waals surface area contributed by atoms with Crippen LogP contribution in [0.1, 0.15) is 40.0 Å². The van der Waals surface area contributed by atoms with Crippen LogP contribution in [0.2, 0.25) is 0 Å². The molecule has 1 amide bonds. The van der Waals surface area contributed by atoms with Gasteiger partial charge in [0.15, 0.2) is 5.79 Å². The van der Waals surface area contributed by atoms with Crippen LogP contribution in [0.25, 0.3) is 0 Å². The van der Waals surface area contributed by atoms with E-state index in [2.05, 4.69) is 0 Å². The van der Waals surface area contributed by atoms with Crippen LogP contribution in [0.4, 0.5) is 4.79 Å². The minimum Gasteiger partial charge on any atom is -0.444 e. The third-order valence-corrected chi connectivity index (χ3v) is 4.55. The fraction of sp³-hybridized carbons (Fsp3) is 0.938. The molecule has 0 aromatic rings. The summed E-state index contributed by atoms with van der Waals surface area (Å²) >= 11 is 0. The first-order valence-electron chi connectivity index (χ1n) is 8.34. The Morgan fingerprint density at radius 1 is 1.22 bits per heavy atom. The molecule has 2 fully saturated rings. The number of amides is 1. The van der Waals surface area contributed by atoms with E-state index in [1.165, 1.54) is 7.11 Å². The van der Waals surface area contributed by atoms with Crippen molar-refractivity contribution >= 4 is 6.09 Å². The molecule has 1 saturated carbocycles. The van der Waals surface area contributed by atoms with Crippen LogP contribution < -0.4 is 0 Å². The van der Waals surface area contributed by atoms with Crippen LogP contribution in [-0.2, 0) is 9.47 Å². The molecule has 0 spiro atoms. The SMILES string of the molecule is COC1(O)CCC(O)C1N1CCCN(C(=O)OC(C)(C)C)CC1. The molecule has 2 aliphatic rings. The normalized spacial score (nSPS) is 33.6. The molecule has 0 aromatic carbocycles. The minimum absolute atomic E-state index is 0.312. The van der Waals surface area contributed by atoms with Crippen molar-refractivity contribution in [1.29, 1.82) is 0 Å². The number of hydrogen-bond acceptors (Lipinski definition) is 6. The average molecular weight is 330 g/mol. The van der Waals surface area contributed by atoms with E-state index in [1.54, 1.807) is 4.90 Å². The highest BCUT2D eigenvalue weighted by Crippen LogP contribution is 2.35. The largest absolute Gasteiger partial charge is 0.444 e. The van der Waals surface area contributed by atoms with E-state index in [9.17, 15) is 15.0 Å². The maximum Gasteiger partial charge on any atom is 0.410 e. The number of carbonyl (C=O) groups excluding carboxylic acids is 1. The van der Waals surface area contributed by atoms with Gasteiger partial charge in [0.05, 0.1) is 12.1 Å². The number of aliphatic hydroxyl groups is 2. The van der Waals surface area contributed by atoms with Crippen LogP contribution in [0.3, 0.4) is 0 Å². The maximum atomic E-state index is 12.2. The molecule has 0 aromatic heterocycles. The van der Waals surface area contributed by atoms with E-state index in [1.807, 2.05) is 25.7 Å². The Balaban J connectivity index is 2.00. The lowest BCUT2D eigenvalue weighted by molar-refractivity contribution is -0.221. The van der Waals surface area contributed by atoms with Gasteiger partial charge in [0.25, 0.3) is 0 Å². The predicted octanol–water partition coefficient (Wildman–Crippen LogP) is 0.788. The predicted molar refractivity (Wildman–Crippen MR) is 85.0 cm³/mol. The van der Waals surface area contributed by atoms with Crippen molar-refractivity contribution in [3.63, 3.8) is 0 Å². The van der Waals surface area contributed by atoms with Gasteiger partial charge in [0, 0.05) is 39.7 Å². The zero-order valence-electron chi connectivity index (χ0n) is 14.6. The maximum absolute atomic E-state index is 12.2. The fourth-order valence-electron chi connectivity index (χ4n) is 3.44. The topological polar surface area (TPSA) is 82.5 Å². The van der Waals surface area contributed by atoms with E-state index in [4.69, 9.17) is 9.47 Å². The number of hydrogen-bond donors (Lipinski definition) is 2. The summed E-state index contributed by atoms with van der Waals surface area (Å²) in [7, 11) is 1.47. The molecule has 1 aliphatic heterocycles. The Bertz CT molecular complexity index is 425. The highest BCUT2D eigenvalue weighted by Gasteiger charge is 2.50. The fourth-order valence-corrected chi connectivity index (χ4v) is 3.44. The summed E-state index contributed by atoms with van der Waals surface area (Å²) in [5, 5.41) is 20.8. The van der Waals surface area contributed by atoms with Gasteiger partial charge in [-0.25, -0.2) is 4.79 Å². The van der Waals surface area contributed by atoms with Gasteiger partial charge in [-0.1, -0.05) is 0 Å². The Hall–Kier alpha value is -0.890. The second-order valence-corrected chi connectivity index (χ2v) is 7.46. The number of aliphatic hydroxyl groups excluding tert-OH is 1. The molecule has 1 saturated heterocycles. The molecular formula is C16H30N2O5. The summed E-state index contributed by atoms with van der Waals surface area (Å²) in [6, 6.07) is -0.453. The van der Waals surface area contributed by atoms with Crippen molar-refractivity contribution in [2.24, 2.45) is 0 Å². The van der Waals surface area contributed by atoms with Crippen molar-refractivity contribution in [2.75, 3.05) is 33.3 Å². The number of ether oxygens (including phenoxy) is 2. The second-order valence-electron chi connectivity index (χ2n) is 7.46. The molecule has 2 rings (SSSR count).